The predicted octanol–water partition coefficient (Wildman–Crippen LogP) is 4.87. The van der Waals surface area contributed by atoms with Crippen molar-refractivity contribution >= 4 is 0 Å². The van der Waals surface area contributed by atoms with Gasteiger partial charge in [0.15, 0.2) is 0 Å². The van der Waals surface area contributed by atoms with Crippen LogP contribution in [0.5, 0.6) is 5.88 Å². The van der Waals surface area contributed by atoms with Crippen molar-refractivity contribution in [3.05, 3.63) is 71.9 Å². The molecule has 30 heavy (non-hydrogen) atoms. The van der Waals surface area contributed by atoms with Gasteiger partial charge in [-0.25, -0.2) is 4.98 Å². The summed E-state index contributed by atoms with van der Waals surface area (Å²) in [6.07, 6.45) is 6.27. The highest BCUT2D eigenvalue weighted by Crippen LogP contribution is 2.38. The molecule has 0 saturated carbocycles. The van der Waals surface area contributed by atoms with Crippen LogP contribution in [0.1, 0.15) is 26.7 Å². The van der Waals surface area contributed by atoms with Crippen LogP contribution in [-0.4, -0.2) is 26.5 Å². The number of ether oxygens (including phenoxy) is 1. The fourth-order valence-corrected chi connectivity index (χ4v) is 2.42. The van der Waals surface area contributed by atoms with Crippen molar-refractivity contribution in [3.63, 3.8) is 0 Å². The molecule has 6 nitrogen and oxygen atoms in total. The molecule has 2 aromatic heterocycles. The Morgan fingerprint density at radius 1 is 1.10 bits per heavy atom. The van der Waals surface area contributed by atoms with E-state index in [0.717, 1.165) is 5.57 Å². The minimum atomic E-state index is -4.97. The number of allylic oxidation sites excluding steroid dienone is 7. The molecule has 1 atom stereocenters. The molecule has 3 rings (SSSR count). The van der Waals surface area contributed by atoms with Gasteiger partial charge < -0.3 is 14.3 Å². The van der Waals surface area contributed by atoms with E-state index < -0.39 is 17.7 Å². The Hall–Kier alpha value is -3.20. The summed E-state index contributed by atoms with van der Waals surface area (Å²) in [7, 11) is 0. The van der Waals surface area contributed by atoms with Crippen molar-refractivity contribution in [2.45, 2.75) is 32.5 Å². The average Bonchev–Trinajstić information content (AvgIpc) is 3.14. The molecular formula is C21H20F3N3O3. The second kappa shape index (κ2) is 8.27. The summed E-state index contributed by atoms with van der Waals surface area (Å²) in [4.78, 5) is 4.23. The number of pyridine rings is 1. The van der Waals surface area contributed by atoms with Gasteiger partial charge in [-0.15, -0.1) is 10.2 Å². The van der Waals surface area contributed by atoms with E-state index in [-0.39, 0.29) is 23.4 Å². The molecule has 1 aliphatic carbocycles. The van der Waals surface area contributed by atoms with Gasteiger partial charge in [0.1, 0.15) is 11.5 Å². The summed E-state index contributed by atoms with van der Waals surface area (Å²) in [5.41, 5.74) is -2.11. The SMILES string of the molecule is CC(C)C1=C/C(Oc2cccc(-c3nnc(C(C)(O)C(F)(F)F)o3)n2)=C\C=C/C=C\1. The van der Waals surface area contributed by atoms with E-state index in [1.807, 2.05) is 30.4 Å². The molecule has 0 aromatic carbocycles. The van der Waals surface area contributed by atoms with Crippen LogP contribution < -0.4 is 4.74 Å². The Morgan fingerprint density at radius 3 is 2.57 bits per heavy atom. The lowest BCUT2D eigenvalue weighted by molar-refractivity contribution is -0.266. The maximum absolute atomic E-state index is 13.0. The van der Waals surface area contributed by atoms with E-state index in [4.69, 9.17) is 9.15 Å². The van der Waals surface area contributed by atoms with Crippen molar-refractivity contribution in [1.82, 2.24) is 15.2 Å². The van der Waals surface area contributed by atoms with Gasteiger partial charge in [-0.3, -0.25) is 0 Å². The largest absolute Gasteiger partial charge is 0.439 e. The van der Waals surface area contributed by atoms with E-state index in [1.54, 1.807) is 18.2 Å². The van der Waals surface area contributed by atoms with Crippen LogP contribution in [0, 0.1) is 5.92 Å². The number of halogens is 3. The van der Waals surface area contributed by atoms with Crippen LogP contribution in [0.2, 0.25) is 0 Å². The molecule has 0 saturated heterocycles. The fraction of sp³-hybridized carbons (Fsp3) is 0.286. The zero-order chi connectivity index (χ0) is 21.9. The molecule has 0 spiro atoms. The van der Waals surface area contributed by atoms with Crippen molar-refractivity contribution in [1.29, 1.82) is 0 Å². The Bertz CT molecular complexity index is 1030. The molecule has 1 N–H and O–H groups in total. The van der Waals surface area contributed by atoms with E-state index in [9.17, 15) is 18.3 Å². The summed E-state index contributed by atoms with van der Waals surface area (Å²) in [5.74, 6) is -0.235. The van der Waals surface area contributed by atoms with Gasteiger partial charge >= 0.3 is 6.18 Å². The lowest BCUT2D eigenvalue weighted by atomic mass is 10.0. The van der Waals surface area contributed by atoms with E-state index in [1.165, 1.54) is 6.07 Å². The van der Waals surface area contributed by atoms with Crippen LogP contribution in [0.25, 0.3) is 11.6 Å². The molecule has 0 radical (unpaired) electrons. The zero-order valence-electron chi connectivity index (χ0n) is 16.5. The summed E-state index contributed by atoms with van der Waals surface area (Å²) < 4.78 is 49.8. The third-order valence-electron chi connectivity index (χ3n) is 4.31. The van der Waals surface area contributed by atoms with Crippen LogP contribution in [0.4, 0.5) is 13.2 Å². The average molecular weight is 419 g/mol. The molecule has 2 heterocycles. The topological polar surface area (TPSA) is 81.3 Å². The molecule has 9 heteroatoms. The number of hydrogen-bond donors (Lipinski definition) is 1. The highest BCUT2D eigenvalue weighted by molar-refractivity contribution is 5.47. The Morgan fingerprint density at radius 2 is 1.87 bits per heavy atom. The lowest BCUT2D eigenvalue weighted by Crippen LogP contribution is -2.39. The van der Waals surface area contributed by atoms with Gasteiger partial charge in [0.25, 0.3) is 11.8 Å². The quantitative estimate of drug-likeness (QED) is 0.745. The summed E-state index contributed by atoms with van der Waals surface area (Å²) >= 11 is 0. The van der Waals surface area contributed by atoms with E-state index >= 15 is 0 Å². The van der Waals surface area contributed by atoms with E-state index in [0.29, 0.717) is 12.7 Å². The first-order valence-electron chi connectivity index (χ1n) is 9.13. The second-order valence-corrected chi connectivity index (χ2v) is 7.06. The first-order chi connectivity index (χ1) is 14.1. The summed E-state index contributed by atoms with van der Waals surface area (Å²) in [6.45, 7) is 4.65. The van der Waals surface area contributed by atoms with E-state index in [2.05, 4.69) is 29.0 Å². The second-order valence-electron chi connectivity index (χ2n) is 7.06. The minimum absolute atomic E-state index is 0.110. The monoisotopic (exact) mass is 419 g/mol. The standard InChI is InChI=1S/C21H20F3N3O3/c1-13(2)14-8-5-4-6-9-15(12-14)29-17-11-7-10-16(25-17)18-26-27-19(30-18)20(3,28)21(22,23)24/h4-13,28H,1-3H3/b5-4?,6-4-,8-5-,9-6?,14-8?,14-12+,15-9+,15-12?. The van der Waals surface area contributed by atoms with Gasteiger partial charge in [0.2, 0.25) is 11.5 Å². The molecule has 0 aliphatic heterocycles. The van der Waals surface area contributed by atoms with Crippen molar-refractivity contribution in [3.8, 4) is 17.5 Å². The number of rotatable bonds is 5. The van der Waals surface area contributed by atoms with Crippen LogP contribution in [0.15, 0.2) is 70.4 Å². The third kappa shape index (κ3) is 4.68. The zero-order valence-corrected chi connectivity index (χ0v) is 16.5. The Balaban J connectivity index is 1.86. The van der Waals surface area contributed by atoms with Gasteiger partial charge in [-0.2, -0.15) is 13.2 Å². The normalized spacial score (nSPS) is 22.1. The Kier molecular flexibility index (Phi) is 5.93. The molecular weight excluding hydrogens is 399 g/mol. The summed E-state index contributed by atoms with van der Waals surface area (Å²) in [6, 6.07) is 4.67. The van der Waals surface area contributed by atoms with Crippen molar-refractivity contribution in [2.75, 3.05) is 0 Å². The smallest absolute Gasteiger partial charge is 0.426 e. The van der Waals surface area contributed by atoms with Crippen molar-refractivity contribution < 1.29 is 27.4 Å². The first-order valence-corrected chi connectivity index (χ1v) is 9.13. The van der Waals surface area contributed by atoms with Gasteiger partial charge in [0, 0.05) is 6.07 Å². The first kappa shape index (κ1) is 21.5. The van der Waals surface area contributed by atoms with Crippen LogP contribution in [-0.2, 0) is 5.60 Å². The highest BCUT2D eigenvalue weighted by Gasteiger charge is 2.55. The molecule has 0 amide bonds. The number of hydrogen-bond acceptors (Lipinski definition) is 6. The molecule has 158 valence electrons. The predicted molar refractivity (Wildman–Crippen MR) is 103 cm³/mol. The number of alkyl halides is 3. The van der Waals surface area contributed by atoms with Gasteiger partial charge in [0.05, 0.1) is 0 Å². The third-order valence-corrected chi connectivity index (χ3v) is 4.31. The van der Waals surface area contributed by atoms with Crippen LogP contribution >= 0.6 is 0 Å². The highest BCUT2D eigenvalue weighted by atomic mass is 19.4. The van der Waals surface area contributed by atoms with Crippen LogP contribution in [0.3, 0.4) is 0 Å². The molecule has 0 bridgehead atoms. The molecule has 0 fully saturated rings. The Labute approximate surface area is 171 Å². The lowest BCUT2D eigenvalue weighted by Gasteiger charge is -2.21. The number of aliphatic hydroxyl groups is 1. The summed E-state index contributed by atoms with van der Waals surface area (Å²) in [5, 5.41) is 16.6. The maximum atomic E-state index is 13.0. The molecule has 2 aromatic rings. The number of nitrogens with zero attached hydrogens (tertiary/aromatic N) is 3. The van der Waals surface area contributed by atoms with Gasteiger partial charge in [-0.05, 0) is 36.6 Å². The fourth-order valence-electron chi connectivity index (χ4n) is 2.42. The van der Waals surface area contributed by atoms with Crippen molar-refractivity contribution in [2.24, 2.45) is 5.92 Å². The maximum Gasteiger partial charge on any atom is 0.426 e. The molecule has 1 aliphatic rings. The van der Waals surface area contributed by atoms with Gasteiger partial charge in [-0.1, -0.05) is 44.2 Å². The molecule has 1 unspecified atom stereocenters. The number of aromatic nitrogens is 3. The minimum Gasteiger partial charge on any atom is -0.439 e.